The van der Waals surface area contributed by atoms with Gasteiger partial charge in [-0.05, 0) is 38.1 Å². The van der Waals surface area contributed by atoms with E-state index in [9.17, 15) is 19.1 Å². The molecule has 0 fully saturated rings. The molecule has 2 aromatic rings. The third kappa shape index (κ3) is 3.73. The molecule has 0 saturated carbocycles. The first-order valence-electron chi connectivity index (χ1n) is 8.56. The second-order valence-electron chi connectivity index (χ2n) is 5.93. The number of ether oxygens (including phenoxy) is 1. The van der Waals surface area contributed by atoms with Crippen LogP contribution >= 0.6 is 0 Å². The Morgan fingerprint density at radius 3 is 2.36 bits per heavy atom. The lowest BCUT2D eigenvalue weighted by molar-refractivity contribution is -0.138. The van der Waals surface area contributed by atoms with Crippen LogP contribution in [0, 0.1) is 5.82 Å². The quantitative estimate of drug-likeness (QED) is 0.499. The van der Waals surface area contributed by atoms with Crippen molar-refractivity contribution in [2.24, 2.45) is 9.98 Å². The number of amidine groups is 1. The Balaban J connectivity index is 2.08. The summed E-state index contributed by atoms with van der Waals surface area (Å²) in [6.07, 6.45) is 0. The largest absolute Gasteiger partial charge is 0.512 e. The van der Waals surface area contributed by atoms with E-state index in [1.54, 1.807) is 31.2 Å². The summed E-state index contributed by atoms with van der Waals surface area (Å²) in [7, 11) is 0. The average Bonchev–Trinajstić information content (AvgIpc) is 3.00. The minimum atomic E-state index is -0.720. The number of carbonyl (C=O) groups is 2. The first-order valence-corrected chi connectivity index (χ1v) is 8.56. The van der Waals surface area contributed by atoms with Crippen molar-refractivity contribution in [3.63, 3.8) is 0 Å². The lowest BCUT2D eigenvalue weighted by atomic mass is 9.99. The molecule has 0 bridgehead atoms. The fourth-order valence-corrected chi connectivity index (χ4v) is 2.76. The van der Waals surface area contributed by atoms with Gasteiger partial charge in [0, 0.05) is 16.7 Å². The van der Waals surface area contributed by atoms with E-state index in [0.717, 1.165) is 0 Å². The summed E-state index contributed by atoms with van der Waals surface area (Å²) in [6.45, 7) is 3.14. The van der Waals surface area contributed by atoms with Crippen LogP contribution in [0.15, 0.2) is 69.8 Å². The molecule has 0 unspecified atom stereocenters. The zero-order valence-corrected chi connectivity index (χ0v) is 15.3. The molecule has 0 atom stereocenters. The summed E-state index contributed by atoms with van der Waals surface area (Å²) in [5.41, 5.74) is 1.38. The van der Waals surface area contributed by atoms with Crippen LogP contribution < -0.4 is 0 Å². The molecule has 0 spiro atoms. The van der Waals surface area contributed by atoms with Gasteiger partial charge < -0.3 is 9.84 Å². The van der Waals surface area contributed by atoms with Gasteiger partial charge in [-0.25, -0.2) is 14.2 Å². The maximum absolute atomic E-state index is 13.1. The molecule has 0 saturated heterocycles. The van der Waals surface area contributed by atoms with Crippen molar-refractivity contribution in [2.45, 2.75) is 13.8 Å². The number of allylic oxidation sites excluding steroid dienone is 1. The van der Waals surface area contributed by atoms with Crippen LogP contribution in [0.4, 0.5) is 4.39 Å². The van der Waals surface area contributed by atoms with Gasteiger partial charge in [-0.1, -0.05) is 24.3 Å². The van der Waals surface area contributed by atoms with Crippen LogP contribution in [0.1, 0.15) is 35.3 Å². The number of amides is 1. The van der Waals surface area contributed by atoms with Gasteiger partial charge in [-0.3, -0.25) is 4.79 Å². The number of carbonyl (C=O) groups excluding carboxylic acids is 2. The van der Waals surface area contributed by atoms with Crippen LogP contribution in [0.25, 0.3) is 0 Å². The summed E-state index contributed by atoms with van der Waals surface area (Å²) < 4.78 is 18.1. The highest BCUT2D eigenvalue weighted by atomic mass is 19.1. The molecule has 7 heteroatoms. The highest BCUT2D eigenvalue weighted by molar-refractivity contribution is 6.36. The maximum atomic E-state index is 13.1. The Labute approximate surface area is 160 Å². The number of hydrogen-bond donors (Lipinski definition) is 1. The van der Waals surface area contributed by atoms with Crippen LogP contribution in [0.5, 0.6) is 0 Å². The summed E-state index contributed by atoms with van der Waals surface area (Å²) >= 11 is 0. The number of nitrogens with zero attached hydrogens (tertiary/aromatic N) is 2. The van der Waals surface area contributed by atoms with E-state index >= 15 is 0 Å². The smallest absolute Gasteiger partial charge is 0.343 e. The fourth-order valence-electron chi connectivity index (χ4n) is 2.76. The molecule has 3 rings (SSSR count). The van der Waals surface area contributed by atoms with E-state index in [4.69, 9.17) is 4.74 Å². The number of hydrogen-bond acceptors (Lipinski definition) is 4. The Bertz CT molecular complexity index is 1030. The first kappa shape index (κ1) is 19.2. The molecule has 1 amide bonds. The van der Waals surface area contributed by atoms with E-state index in [2.05, 4.69) is 9.98 Å². The van der Waals surface area contributed by atoms with Gasteiger partial charge in [0.25, 0.3) is 5.91 Å². The molecular weight excluding hydrogens is 363 g/mol. The fraction of sp³-hybridized carbons (Fsp3) is 0.143. The Hall–Kier alpha value is -3.61. The monoisotopic (exact) mass is 380 g/mol. The number of esters is 1. The SMILES string of the molecule is CCOC(=O)/C(C1=NC(=NC(=O)c2ccc(F)cc2)c2ccccc21)=C(/C)O. The van der Waals surface area contributed by atoms with Gasteiger partial charge in [-0.15, -0.1) is 0 Å². The zero-order chi connectivity index (χ0) is 20.3. The van der Waals surface area contributed by atoms with Gasteiger partial charge >= 0.3 is 5.97 Å². The van der Waals surface area contributed by atoms with E-state index < -0.39 is 17.7 Å². The Morgan fingerprint density at radius 1 is 1.11 bits per heavy atom. The standard InChI is InChI=1S/C21H17FN2O4/c1-3-28-21(27)17(12(2)25)18-15-6-4-5-7-16(15)19(23-18)24-20(26)13-8-10-14(22)11-9-13/h4-11,25H,3H2,1-2H3/b17-12-,24-19?. The van der Waals surface area contributed by atoms with Crippen molar-refractivity contribution in [1.29, 1.82) is 0 Å². The number of fused-ring (bicyclic) bond motifs is 1. The normalized spacial score (nSPS) is 15.0. The number of aliphatic hydroxyl groups excluding tert-OH is 1. The molecule has 0 aliphatic carbocycles. The van der Waals surface area contributed by atoms with Crippen LogP contribution in [-0.2, 0) is 9.53 Å². The summed E-state index contributed by atoms with van der Waals surface area (Å²) in [5.74, 6) is -1.93. The third-order valence-corrected chi connectivity index (χ3v) is 4.02. The van der Waals surface area contributed by atoms with Crippen molar-refractivity contribution >= 4 is 23.4 Å². The van der Waals surface area contributed by atoms with Crippen molar-refractivity contribution in [2.75, 3.05) is 6.61 Å². The number of aliphatic hydroxyl groups is 1. The predicted molar refractivity (Wildman–Crippen MR) is 102 cm³/mol. The van der Waals surface area contributed by atoms with Gasteiger partial charge in [-0.2, -0.15) is 4.99 Å². The van der Waals surface area contributed by atoms with Gasteiger partial charge in [0.05, 0.1) is 12.3 Å². The molecule has 1 aliphatic rings. The topological polar surface area (TPSA) is 88.3 Å². The molecule has 1 N–H and O–H groups in total. The highest BCUT2D eigenvalue weighted by Crippen LogP contribution is 2.25. The van der Waals surface area contributed by atoms with E-state index in [1.165, 1.54) is 31.2 Å². The van der Waals surface area contributed by atoms with Crippen molar-refractivity contribution in [1.82, 2.24) is 0 Å². The average molecular weight is 380 g/mol. The van der Waals surface area contributed by atoms with Crippen LogP contribution in [0.3, 0.4) is 0 Å². The van der Waals surface area contributed by atoms with E-state index in [1.807, 2.05) is 0 Å². The van der Waals surface area contributed by atoms with Crippen molar-refractivity contribution in [3.05, 3.63) is 82.4 Å². The molecule has 2 aromatic carbocycles. The van der Waals surface area contributed by atoms with E-state index in [-0.39, 0.29) is 35.0 Å². The predicted octanol–water partition coefficient (Wildman–Crippen LogP) is 3.61. The lowest BCUT2D eigenvalue weighted by Crippen LogP contribution is -2.18. The molecule has 0 aromatic heterocycles. The van der Waals surface area contributed by atoms with Gasteiger partial charge in [0.15, 0.2) is 5.84 Å². The van der Waals surface area contributed by atoms with Crippen molar-refractivity contribution in [3.8, 4) is 0 Å². The van der Waals surface area contributed by atoms with Crippen LogP contribution in [-0.4, -0.2) is 35.1 Å². The molecule has 1 aliphatic heterocycles. The molecule has 1 heterocycles. The van der Waals surface area contributed by atoms with Gasteiger partial charge in [0.2, 0.25) is 0 Å². The molecule has 6 nitrogen and oxygen atoms in total. The molecular formula is C21H17FN2O4. The number of benzene rings is 2. The van der Waals surface area contributed by atoms with Gasteiger partial charge in [0.1, 0.15) is 17.1 Å². The third-order valence-electron chi connectivity index (χ3n) is 4.02. The van der Waals surface area contributed by atoms with E-state index in [0.29, 0.717) is 11.1 Å². The maximum Gasteiger partial charge on any atom is 0.343 e. The summed E-state index contributed by atoms with van der Waals surface area (Å²) in [6, 6.07) is 11.9. The van der Waals surface area contributed by atoms with Crippen molar-refractivity contribution < 1.29 is 23.8 Å². The summed E-state index contributed by atoms with van der Waals surface area (Å²) in [4.78, 5) is 33.1. The number of halogens is 1. The highest BCUT2D eigenvalue weighted by Gasteiger charge is 2.30. The molecule has 28 heavy (non-hydrogen) atoms. The van der Waals surface area contributed by atoms with Crippen LogP contribution in [0.2, 0.25) is 0 Å². The number of rotatable bonds is 4. The second kappa shape index (κ2) is 7.96. The Kier molecular flexibility index (Phi) is 5.44. The minimum absolute atomic E-state index is 0.0891. The number of aliphatic imine (C=N–C) groups is 2. The molecule has 142 valence electrons. The zero-order valence-electron chi connectivity index (χ0n) is 15.3. The minimum Gasteiger partial charge on any atom is -0.512 e. The lowest BCUT2D eigenvalue weighted by Gasteiger charge is -2.08. The second-order valence-corrected chi connectivity index (χ2v) is 5.93. The summed E-state index contributed by atoms with van der Waals surface area (Å²) in [5, 5.41) is 10.0. The first-order chi connectivity index (χ1) is 13.4. The molecule has 0 radical (unpaired) electrons. The Morgan fingerprint density at radius 2 is 1.75 bits per heavy atom.